The second kappa shape index (κ2) is 12.5. The molecule has 1 aliphatic rings. The number of aromatic nitrogens is 2. The molecule has 0 saturated heterocycles. The smallest absolute Gasteiger partial charge is 0.160 e. The molecular formula is C53H36N2O. The molecule has 8 aromatic carbocycles. The van der Waals surface area contributed by atoms with E-state index in [0.717, 1.165) is 72.3 Å². The maximum Gasteiger partial charge on any atom is 0.160 e. The largest absolute Gasteiger partial charge is 0.456 e. The molecule has 0 amide bonds. The van der Waals surface area contributed by atoms with Gasteiger partial charge in [-0.3, -0.25) is 0 Å². The summed E-state index contributed by atoms with van der Waals surface area (Å²) < 4.78 is 6.53. The van der Waals surface area contributed by atoms with Crippen molar-refractivity contribution in [3.8, 4) is 67.3 Å². The van der Waals surface area contributed by atoms with Crippen LogP contribution in [0.1, 0.15) is 25.0 Å². The fourth-order valence-electron chi connectivity index (χ4n) is 8.80. The highest BCUT2D eigenvalue weighted by Gasteiger charge is 2.35. The quantitative estimate of drug-likeness (QED) is 0.178. The van der Waals surface area contributed by atoms with Crippen molar-refractivity contribution >= 4 is 32.7 Å². The lowest BCUT2D eigenvalue weighted by Crippen LogP contribution is -2.14. The zero-order valence-electron chi connectivity index (χ0n) is 31.1. The minimum absolute atomic E-state index is 0.121. The normalized spacial score (nSPS) is 13.0. The van der Waals surface area contributed by atoms with Crippen LogP contribution >= 0.6 is 0 Å². The fourth-order valence-corrected chi connectivity index (χ4v) is 8.80. The molecule has 2 heterocycles. The van der Waals surface area contributed by atoms with Gasteiger partial charge in [0.1, 0.15) is 11.2 Å². The Kier molecular flexibility index (Phi) is 7.20. The zero-order chi connectivity index (χ0) is 37.4. The van der Waals surface area contributed by atoms with Crippen LogP contribution in [0.25, 0.3) is 100.0 Å². The SMILES string of the molecule is CC1(C)c2ccccc2-c2ccc(-c3cc(-c4cc(-c5ccccc5)cc(-c5cccc6oc7cc8ccccc8cc7c56)c4)nc(-c4ccccc4)n3)cc21. The summed E-state index contributed by atoms with van der Waals surface area (Å²) in [6.07, 6.45) is 0. The van der Waals surface area contributed by atoms with Crippen molar-refractivity contribution in [2.24, 2.45) is 0 Å². The number of benzene rings is 8. The molecule has 1 aliphatic carbocycles. The molecule has 10 aromatic rings. The first-order valence-electron chi connectivity index (χ1n) is 19.2. The van der Waals surface area contributed by atoms with Crippen molar-refractivity contribution in [3.63, 3.8) is 0 Å². The van der Waals surface area contributed by atoms with Crippen LogP contribution in [-0.4, -0.2) is 9.97 Å². The summed E-state index contributed by atoms with van der Waals surface area (Å²) in [7, 11) is 0. The van der Waals surface area contributed by atoms with Crippen LogP contribution in [0.4, 0.5) is 0 Å². The number of fused-ring (bicyclic) bond motifs is 7. The maximum atomic E-state index is 6.53. The fraction of sp³-hybridized carbons (Fsp3) is 0.0566. The molecule has 0 radical (unpaired) electrons. The summed E-state index contributed by atoms with van der Waals surface area (Å²) in [6, 6.07) is 64.8. The summed E-state index contributed by atoms with van der Waals surface area (Å²) in [5.41, 5.74) is 16.2. The van der Waals surface area contributed by atoms with Gasteiger partial charge in [-0.05, 0) is 104 Å². The molecule has 0 aliphatic heterocycles. The molecule has 56 heavy (non-hydrogen) atoms. The summed E-state index contributed by atoms with van der Waals surface area (Å²) >= 11 is 0. The van der Waals surface area contributed by atoms with Crippen LogP contribution in [0.3, 0.4) is 0 Å². The molecular weight excluding hydrogens is 681 g/mol. The third-order valence-electron chi connectivity index (χ3n) is 11.6. The first-order chi connectivity index (χ1) is 27.5. The van der Waals surface area contributed by atoms with Crippen molar-refractivity contribution < 1.29 is 4.42 Å². The van der Waals surface area contributed by atoms with Crippen molar-refractivity contribution in [1.82, 2.24) is 9.97 Å². The summed E-state index contributed by atoms with van der Waals surface area (Å²) in [5.74, 6) is 0.697. The van der Waals surface area contributed by atoms with Crippen LogP contribution in [-0.2, 0) is 5.41 Å². The Morgan fingerprint density at radius 1 is 0.393 bits per heavy atom. The molecule has 11 rings (SSSR count). The van der Waals surface area contributed by atoms with Crippen LogP contribution in [0.2, 0.25) is 0 Å². The van der Waals surface area contributed by atoms with Crippen molar-refractivity contribution in [2.45, 2.75) is 19.3 Å². The van der Waals surface area contributed by atoms with E-state index < -0.39 is 0 Å². The molecule has 3 nitrogen and oxygen atoms in total. The Hall–Kier alpha value is -7.10. The lowest BCUT2D eigenvalue weighted by atomic mass is 9.82. The lowest BCUT2D eigenvalue weighted by molar-refractivity contribution is 0.660. The Labute approximate surface area is 325 Å². The van der Waals surface area contributed by atoms with Gasteiger partial charge >= 0.3 is 0 Å². The van der Waals surface area contributed by atoms with Gasteiger partial charge in [0.15, 0.2) is 5.82 Å². The third kappa shape index (κ3) is 5.20. The van der Waals surface area contributed by atoms with Gasteiger partial charge in [-0.15, -0.1) is 0 Å². The second-order valence-electron chi connectivity index (χ2n) is 15.4. The van der Waals surface area contributed by atoms with Gasteiger partial charge in [-0.25, -0.2) is 9.97 Å². The Morgan fingerprint density at radius 2 is 1.02 bits per heavy atom. The van der Waals surface area contributed by atoms with Gasteiger partial charge in [0.05, 0.1) is 11.4 Å². The van der Waals surface area contributed by atoms with E-state index in [-0.39, 0.29) is 5.41 Å². The van der Waals surface area contributed by atoms with Gasteiger partial charge in [0, 0.05) is 32.9 Å². The van der Waals surface area contributed by atoms with E-state index >= 15 is 0 Å². The number of hydrogen-bond donors (Lipinski definition) is 0. The van der Waals surface area contributed by atoms with E-state index in [9.17, 15) is 0 Å². The molecule has 0 N–H and O–H groups in total. The van der Waals surface area contributed by atoms with Gasteiger partial charge in [0.2, 0.25) is 0 Å². The van der Waals surface area contributed by atoms with Crippen LogP contribution in [0.5, 0.6) is 0 Å². The summed E-state index contributed by atoms with van der Waals surface area (Å²) in [6.45, 7) is 4.65. The lowest BCUT2D eigenvalue weighted by Gasteiger charge is -2.22. The topological polar surface area (TPSA) is 38.9 Å². The molecule has 2 aromatic heterocycles. The van der Waals surface area contributed by atoms with Crippen LogP contribution in [0.15, 0.2) is 186 Å². The first kappa shape index (κ1) is 32.3. The minimum atomic E-state index is -0.121. The van der Waals surface area contributed by atoms with E-state index in [2.05, 4.69) is 178 Å². The van der Waals surface area contributed by atoms with Crippen LogP contribution in [0, 0.1) is 0 Å². The van der Waals surface area contributed by atoms with E-state index in [1.54, 1.807) is 0 Å². The molecule has 0 bridgehead atoms. The van der Waals surface area contributed by atoms with Crippen LogP contribution < -0.4 is 0 Å². The highest BCUT2D eigenvalue weighted by atomic mass is 16.3. The standard InChI is InChI=1S/C53H36N2O/c1-53(2)45-22-12-11-20-42(45)43-25-24-37(30-46(43)53)47-32-48(55-52(54-47)34-16-7-4-8-17-34)40-27-38(33-14-5-3-6-15-33)26-39(28-40)41-21-13-23-49-51(41)44-29-35-18-9-10-19-36(35)31-50(44)56-49/h3-32H,1-2H3. The number of furan rings is 1. The molecule has 0 unspecified atom stereocenters. The number of rotatable bonds is 5. The molecule has 0 atom stereocenters. The Morgan fingerprint density at radius 3 is 1.82 bits per heavy atom. The average Bonchev–Trinajstić information content (AvgIpc) is 3.73. The van der Waals surface area contributed by atoms with E-state index in [0.29, 0.717) is 5.82 Å². The third-order valence-corrected chi connectivity index (χ3v) is 11.6. The van der Waals surface area contributed by atoms with Gasteiger partial charge < -0.3 is 4.42 Å². The molecule has 264 valence electrons. The van der Waals surface area contributed by atoms with E-state index in [4.69, 9.17) is 14.4 Å². The Balaban J connectivity index is 1.14. The summed E-state index contributed by atoms with van der Waals surface area (Å²) in [4.78, 5) is 10.6. The summed E-state index contributed by atoms with van der Waals surface area (Å²) in [5, 5.41) is 4.58. The molecule has 0 saturated carbocycles. The second-order valence-corrected chi connectivity index (χ2v) is 15.4. The highest BCUT2D eigenvalue weighted by molar-refractivity contribution is 6.15. The molecule has 0 spiro atoms. The van der Waals surface area contributed by atoms with Crippen molar-refractivity contribution in [3.05, 3.63) is 193 Å². The molecule has 3 heteroatoms. The zero-order valence-corrected chi connectivity index (χ0v) is 31.1. The highest BCUT2D eigenvalue weighted by Crippen LogP contribution is 2.50. The first-order valence-corrected chi connectivity index (χ1v) is 19.2. The van der Waals surface area contributed by atoms with E-state index in [1.165, 1.54) is 33.0 Å². The monoisotopic (exact) mass is 716 g/mol. The van der Waals surface area contributed by atoms with Gasteiger partial charge in [0.25, 0.3) is 0 Å². The van der Waals surface area contributed by atoms with Gasteiger partial charge in [-0.2, -0.15) is 0 Å². The number of nitrogens with zero attached hydrogens (tertiary/aromatic N) is 2. The minimum Gasteiger partial charge on any atom is -0.456 e. The predicted molar refractivity (Wildman–Crippen MR) is 232 cm³/mol. The Bertz CT molecular complexity index is 3160. The van der Waals surface area contributed by atoms with Crippen molar-refractivity contribution in [1.29, 1.82) is 0 Å². The predicted octanol–water partition coefficient (Wildman–Crippen LogP) is 14.2. The average molecular weight is 717 g/mol. The molecule has 0 fully saturated rings. The number of hydrogen-bond acceptors (Lipinski definition) is 3. The van der Waals surface area contributed by atoms with Crippen molar-refractivity contribution in [2.75, 3.05) is 0 Å². The van der Waals surface area contributed by atoms with Gasteiger partial charge in [-0.1, -0.05) is 147 Å². The maximum absolute atomic E-state index is 6.53. The van der Waals surface area contributed by atoms with E-state index in [1.807, 2.05) is 18.2 Å².